The first-order valence-corrected chi connectivity index (χ1v) is 10.6. The predicted molar refractivity (Wildman–Crippen MR) is 115 cm³/mol. The monoisotopic (exact) mass is 450 g/mol. The number of carbonyl (C=O) groups excluding carboxylic acids is 1. The molecule has 1 saturated heterocycles. The van der Waals surface area contributed by atoms with Crippen molar-refractivity contribution >= 4 is 5.91 Å². The summed E-state index contributed by atoms with van der Waals surface area (Å²) >= 11 is 0. The molecule has 1 aliphatic rings. The molecule has 3 rings (SSSR count). The molecule has 174 valence electrons. The number of likely N-dealkylation sites (tertiary alicyclic amines) is 1. The number of hydrogen-bond donors (Lipinski definition) is 0. The van der Waals surface area contributed by atoms with E-state index in [0.717, 1.165) is 17.0 Å². The Bertz CT molecular complexity index is 905. The number of carbonyl (C=O) groups is 1. The first-order chi connectivity index (χ1) is 15.2. The summed E-state index contributed by atoms with van der Waals surface area (Å²) in [5.74, 6) is -1.02. The molecule has 2 aromatic rings. The largest absolute Gasteiger partial charge is 0.497 e. The van der Waals surface area contributed by atoms with Gasteiger partial charge >= 0.3 is 12.1 Å². The minimum Gasteiger partial charge on any atom is -0.497 e. The summed E-state index contributed by atoms with van der Waals surface area (Å²) in [7, 11) is 2.94. The molecular formula is C24H29F3N2O3. The van der Waals surface area contributed by atoms with Crippen molar-refractivity contribution in [3.8, 4) is 11.5 Å². The Kier molecular flexibility index (Phi) is 7.66. The molecule has 0 radical (unpaired) electrons. The number of ether oxygens (including phenoxy) is 2. The van der Waals surface area contributed by atoms with Gasteiger partial charge in [-0.15, -0.1) is 0 Å². The fourth-order valence-corrected chi connectivity index (χ4v) is 4.34. The zero-order chi connectivity index (χ0) is 23.3. The lowest BCUT2D eigenvalue weighted by atomic mass is 9.91. The highest BCUT2D eigenvalue weighted by molar-refractivity contribution is 5.82. The quantitative estimate of drug-likeness (QED) is 0.623. The van der Waals surface area contributed by atoms with Crippen LogP contribution in [0.4, 0.5) is 13.2 Å². The summed E-state index contributed by atoms with van der Waals surface area (Å²) < 4.78 is 51.0. The summed E-state index contributed by atoms with van der Waals surface area (Å²) in [6.07, 6.45) is -4.48. The number of halogens is 3. The second kappa shape index (κ2) is 10.3. The number of rotatable bonds is 7. The van der Waals surface area contributed by atoms with Gasteiger partial charge in [0.2, 0.25) is 0 Å². The van der Waals surface area contributed by atoms with E-state index in [1.165, 1.54) is 14.2 Å². The summed E-state index contributed by atoms with van der Waals surface area (Å²) in [4.78, 5) is 15.6. The fourth-order valence-electron chi connectivity index (χ4n) is 4.34. The van der Waals surface area contributed by atoms with Crippen LogP contribution in [-0.2, 0) is 17.9 Å². The second-order valence-corrected chi connectivity index (χ2v) is 8.16. The van der Waals surface area contributed by atoms with E-state index in [0.29, 0.717) is 36.6 Å². The van der Waals surface area contributed by atoms with Gasteiger partial charge in [-0.2, -0.15) is 13.2 Å². The Balaban J connectivity index is 1.80. The van der Waals surface area contributed by atoms with Crippen molar-refractivity contribution in [3.63, 3.8) is 0 Å². The Morgan fingerprint density at radius 3 is 2.44 bits per heavy atom. The highest BCUT2D eigenvalue weighted by atomic mass is 19.4. The van der Waals surface area contributed by atoms with E-state index in [1.807, 2.05) is 37.3 Å². The van der Waals surface area contributed by atoms with Crippen molar-refractivity contribution in [2.24, 2.45) is 5.92 Å². The second-order valence-electron chi connectivity index (χ2n) is 8.16. The number of methoxy groups -OCH3 is 2. The molecule has 0 saturated carbocycles. The first kappa shape index (κ1) is 23.9. The molecule has 2 atom stereocenters. The van der Waals surface area contributed by atoms with Gasteiger partial charge in [0.15, 0.2) is 0 Å². The van der Waals surface area contributed by atoms with Gasteiger partial charge < -0.3 is 14.4 Å². The number of benzene rings is 2. The average molecular weight is 451 g/mol. The maximum Gasteiger partial charge on any atom is 0.471 e. The van der Waals surface area contributed by atoms with Crippen LogP contribution in [0.2, 0.25) is 0 Å². The van der Waals surface area contributed by atoms with Crippen LogP contribution < -0.4 is 9.47 Å². The molecule has 8 heteroatoms. The van der Waals surface area contributed by atoms with E-state index in [9.17, 15) is 18.0 Å². The van der Waals surface area contributed by atoms with Crippen LogP contribution in [0.15, 0.2) is 48.5 Å². The minimum atomic E-state index is -4.94. The highest BCUT2D eigenvalue weighted by Crippen LogP contribution is 2.32. The van der Waals surface area contributed by atoms with E-state index < -0.39 is 18.1 Å². The third kappa shape index (κ3) is 5.73. The standard InChI is InChI=1S/C24H29F3N2O3/c1-17-14-28(15-18-7-5-4-6-8-18)12-11-21(17)29(23(30)24(25,26)27)16-19-9-10-20(31-2)13-22(19)32-3/h4-10,13,17,21H,11-12,14-16H2,1-3H3. The van der Waals surface area contributed by atoms with Gasteiger partial charge in [0.1, 0.15) is 11.5 Å². The van der Waals surface area contributed by atoms with Gasteiger partial charge in [0, 0.05) is 43.9 Å². The molecule has 0 aromatic heterocycles. The number of alkyl halides is 3. The summed E-state index contributed by atoms with van der Waals surface area (Å²) in [6.45, 7) is 3.69. The normalized spacial score (nSPS) is 19.4. The Morgan fingerprint density at radius 2 is 1.84 bits per heavy atom. The molecule has 1 fully saturated rings. The highest BCUT2D eigenvalue weighted by Gasteiger charge is 2.46. The van der Waals surface area contributed by atoms with Crippen molar-refractivity contribution in [2.75, 3.05) is 27.3 Å². The smallest absolute Gasteiger partial charge is 0.471 e. The molecule has 0 bridgehead atoms. The fraction of sp³-hybridized carbons (Fsp3) is 0.458. The molecule has 2 unspecified atom stereocenters. The van der Waals surface area contributed by atoms with E-state index in [1.54, 1.807) is 18.2 Å². The predicted octanol–water partition coefficient (Wildman–Crippen LogP) is 4.51. The topological polar surface area (TPSA) is 42.0 Å². The third-order valence-corrected chi connectivity index (χ3v) is 5.93. The van der Waals surface area contributed by atoms with E-state index in [2.05, 4.69) is 4.90 Å². The first-order valence-electron chi connectivity index (χ1n) is 10.6. The van der Waals surface area contributed by atoms with Gasteiger partial charge in [-0.1, -0.05) is 37.3 Å². The van der Waals surface area contributed by atoms with Gasteiger partial charge in [-0.3, -0.25) is 9.69 Å². The maximum absolute atomic E-state index is 13.5. The lowest BCUT2D eigenvalue weighted by Gasteiger charge is -2.43. The SMILES string of the molecule is COc1ccc(CN(C(=O)C(F)(F)F)C2CCN(Cc3ccccc3)CC2C)c(OC)c1. The van der Waals surface area contributed by atoms with E-state index >= 15 is 0 Å². The number of nitrogens with zero attached hydrogens (tertiary/aromatic N) is 2. The minimum absolute atomic E-state index is 0.122. The number of hydrogen-bond acceptors (Lipinski definition) is 4. The van der Waals surface area contributed by atoms with Gasteiger partial charge in [-0.05, 0) is 30.0 Å². The van der Waals surface area contributed by atoms with E-state index in [4.69, 9.17) is 9.47 Å². The average Bonchev–Trinajstić information content (AvgIpc) is 2.77. The molecular weight excluding hydrogens is 421 g/mol. The Labute approximate surface area is 186 Å². The molecule has 1 amide bonds. The van der Waals surface area contributed by atoms with Crippen molar-refractivity contribution in [1.29, 1.82) is 0 Å². The zero-order valence-corrected chi connectivity index (χ0v) is 18.6. The van der Waals surface area contributed by atoms with Crippen molar-refractivity contribution in [1.82, 2.24) is 9.80 Å². The van der Waals surface area contributed by atoms with Crippen LogP contribution in [0.3, 0.4) is 0 Å². The molecule has 0 N–H and O–H groups in total. The summed E-state index contributed by atoms with van der Waals surface area (Å²) in [6, 6.07) is 14.3. The van der Waals surface area contributed by atoms with Crippen molar-refractivity contribution in [2.45, 2.75) is 38.7 Å². The molecule has 1 heterocycles. The lowest BCUT2D eigenvalue weighted by Crippen LogP contribution is -2.54. The molecule has 0 aliphatic carbocycles. The molecule has 1 aliphatic heterocycles. The maximum atomic E-state index is 13.5. The zero-order valence-electron chi connectivity index (χ0n) is 18.6. The van der Waals surface area contributed by atoms with Gasteiger partial charge in [-0.25, -0.2) is 0 Å². The van der Waals surface area contributed by atoms with Crippen molar-refractivity contribution in [3.05, 3.63) is 59.7 Å². The van der Waals surface area contributed by atoms with Crippen LogP contribution in [-0.4, -0.2) is 55.2 Å². The Hall–Kier alpha value is -2.74. The molecule has 5 nitrogen and oxygen atoms in total. The summed E-state index contributed by atoms with van der Waals surface area (Å²) in [5.41, 5.74) is 1.66. The van der Waals surface area contributed by atoms with Crippen LogP contribution in [0.5, 0.6) is 11.5 Å². The van der Waals surface area contributed by atoms with E-state index in [-0.39, 0.29) is 12.5 Å². The molecule has 0 spiro atoms. The van der Waals surface area contributed by atoms with Crippen LogP contribution in [0, 0.1) is 5.92 Å². The van der Waals surface area contributed by atoms with Crippen LogP contribution >= 0.6 is 0 Å². The van der Waals surface area contributed by atoms with Crippen LogP contribution in [0.1, 0.15) is 24.5 Å². The molecule has 32 heavy (non-hydrogen) atoms. The summed E-state index contributed by atoms with van der Waals surface area (Å²) in [5, 5.41) is 0. The number of amides is 1. The number of piperidine rings is 1. The van der Waals surface area contributed by atoms with Crippen LogP contribution in [0.25, 0.3) is 0 Å². The molecule has 2 aromatic carbocycles. The Morgan fingerprint density at radius 1 is 1.12 bits per heavy atom. The van der Waals surface area contributed by atoms with Gasteiger partial charge in [0.05, 0.1) is 14.2 Å². The van der Waals surface area contributed by atoms with Crippen molar-refractivity contribution < 1.29 is 27.4 Å². The van der Waals surface area contributed by atoms with Gasteiger partial charge in [0.25, 0.3) is 0 Å². The third-order valence-electron chi connectivity index (χ3n) is 5.93. The lowest BCUT2D eigenvalue weighted by molar-refractivity contribution is -0.190.